The van der Waals surface area contributed by atoms with Gasteiger partial charge in [0, 0.05) is 0 Å². The Kier molecular flexibility index (Phi) is 3.62. The third-order valence-corrected chi connectivity index (χ3v) is 2.16. The highest BCUT2D eigenvalue weighted by Crippen LogP contribution is 2.26. The van der Waals surface area contributed by atoms with E-state index in [0.29, 0.717) is 5.56 Å². The van der Waals surface area contributed by atoms with Crippen LogP contribution in [-0.4, -0.2) is 18.9 Å². The van der Waals surface area contributed by atoms with E-state index in [4.69, 9.17) is 5.73 Å². The Balaban J connectivity index is 2.72. The van der Waals surface area contributed by atoms with Crippen molar-refractivity contribution in [1.82, 2.24) is 0 Å². The Morgan fingerprint density at radius 2 is 2.00 bits per heavy atom. The molecule has 3 N–H and O–H groups in total. The van der Waals surface area contributed by atoms with Crippen LogP contribution in [0.1, 0.15) is 5.56 Å². The van der Waals surface area contributed by atoms with E-state index in [1.807, 2.05) is 0 Å². The molecule has 2 nitrogen and oxygen atoms in total. The Labute approximate surface area is 90.4 Å². The van der Waals surface area contributed by atoms with Crippen molar-refractivity contribution in [3.8, 4) is 0 Å². The summed E-state index contributed by atoms with van der Waals surface area (Å²) in [4.78, 5) is 0. The minimum absolute atomic E-state index is 0.236. The van der Waals surface area contributed by atoms with Gasteiger partial charge < -0.3 is 11.1 Å². The monoisotopic (exact) mass is 236 g/mol. The molecule has 1 aromatic carbocycles. The van der Waals surface area contributed by atoms with Crippen LogP contribution in [0.4, 0.5) is 28.9 Å². The van der Waals surface area contributed by atoms with E-state index >= 15 is 0 Å². The third kappa shape index (κ3) is 2.77. The van der Waals surface area contributed by atoms with Crippen LogP contribution in [0.5, 0.6) is 0 Å². The Morgan fingerprint density at radius 1 is 1.38 bits per heavy atom. The summed E-state index contributed by atoms with van der Waals surface area (Å²) in [6.45, 7) is 0.560. The third-order valence-electron chi connectivity index (χ3n) is 2.16. The van der Waals surface area contributed by atoms with Crippen molar-refractivity contribution >= 4 is 11.4 Å². The molecule has 0 aliphatic heterocycles. The fourth-order valence-electron chi connectivity index (χ4n) is 1.13. The Morgan fingerprint density at radius 3 is 2.56 bits per heavy atom. The predicted molar refractivity (Wildman–Crippen MR) is 55.0 cm³/mol. The molecular formula is C10H12F4N2. The van der Waals surface area contributed by atoms with Crippen LogP contribution in [0.2, 0.25) is 0 Å². The highest BCUT2D eigenvalue weighted by molar-refractivity contribution is 5.69. The summed E-state index contributed by atoms with van der Waals surface area (Å²) < 4.78 is 49.0. The number of alkyl halides is 4. The van der Waals surface area contributed by atoms with E-state index in [0.717, 1.165) is 0 Å². The molecule has 0 heterocycles. The topological polar surface area (TPSA) is 38.0 Å². The van der Waals surface area contributed by atoms with E-state index in [2.05, 4.69) is 5.32 Å². The van der Waals surface area contributed by atoms with E-state index in [1.54, 1.807) is 19.1 Å². The Bertz CT molecular complexity index is 366. The smallest absolute Gasteiger partial charge is 0.324 e. The molecule has 0 atom stereocenters. The van der Waals surface area contributed by atoms with Gasteiger partial charge in [-0.2, -0.15) is 8.78 Å². The lowest BCUT2D eigenvalue weighted by atomic mass is 10.1. The number of halogens is 4. The van der Waals surface area contributed by atoms with Gasteiger partial charge in [0.25, 0.3) is 0 Å². The second-order valence-corrected chi connectivity index (χ2v) is 3.45. The van der Waals surface area contributed by atoms with Gasteiger partial charge in [-0.25, -0.2) is 8.78 Å². The Hall–Kier alpha value is -1.46. The number of benzene rings is 1. The SMILES string of the molecule is Cc1cccc(NCC(F)(F)C(F)F)c1N. The van der Waals surface area contributed by atoms with Crippen LogP contribution in [0.25, 0.3) is 0 Å². The van der Waals surface area contributed by atoms with E-state index in [-0.39, 0.29) is 11.4 Å². The van der Waals surface area contributed by atoms with Gasteiger partial charge in [0.1, 0.15) is 0 Å². The maximum absolute atomic E-state index is 12.6. The summed E-state index contributed by atoms with van der Waals surface area (Å²) in [7, 11) is 0. The van der Waals surface area contributed by atoms with Crippen molar-refractivity contribution in [2.75, 3.05) is 17.6 Å². The van der Waals surface area contributed by atoms with Crippen LogP contribution in [0.15, 0.2) is 18.2 Å². The first-order chi connectivity index (χ1) is 7.34. The number of nitrogens with two attached hydrogens (primary N) is 1. The molecule has 0 fully saturated rings. The van der Waals surface area contributed by atoms with Crippen LogP contribution < -0.4 is 11.1 Å². The molecule has 0 amide bonds. The first kappa shape index (κ1) is 12.6. The molecule has 16 heavy (non-hydrogen) atoms. The maximum Gasteiger partial charge on any atom is 0.324 e. The van der Waals surface area contributed by atoms with E-state index in [1.165, 1.54) is 6.07 Å². The summed E-state index contributed by atoms with van der Waals surface area (Å²) in [5.74, 6) is -4.06. The van der Waals surface area contributed by atoms with Gasteiger partial charge in [-0.1, -0.05) is 12.1 Å². The predicted octanol–water partition coefficient (Wildman–Crippen LogP) is 2.89. The number of rotatable bonds is 4. The molecule has 0 unspecified atom stereocenters. The van der Waals surface area contributed by atoms with E-state index < -0.39 is 18.9 Å². The maximum atomic E-state index is 12.6. The largest absolute Gasteiger partial charge is 0.397 e. The van der Waals surface area contributed by atoms with E-state index in [9.17, 15) is 17.6 Å². The number of nitrogens with one attached hydrogen (secondary N) is 1. The minimum Gasteiger partial charge on any atom is -0.397 e. The lowest BCUT2D eigenvalue weighted by Gasteiger charge is -2.18. The summed E-state index contributed by atoms with van der Waals surface area (Å²) in [5.41, 5.74) is 6.81. The standard InChI is InChI=1S/C10H12F4N2/c1-6-3-2-4-7(8(6)15)16-5-10(13,14)9(11)12/h2-4,9,16H,5,15H2,1H3. The van der Waals surface area contributed by atoms with Crippen molar-refractivity contribution in [1.29, 1.82) is 0 Å². The minimum atomic E-state index is -4.06. The molecule has 0 aromatic heterocycles. The fourth-order valence-corrected chi connectivity index (χ4v) is 1.13. The van der Waals surface area contributed by atoms with Gasteiger partial charge in [0.2, 0.25) is 0 Å². The number of hydrogen-bond acceptors (Lipinski definition) is 2. The highest BCUT2D eigenvalue weighted by Gasteiger charge is 2.40. The van der Waals surface area contributed by atoms with Crippen molar-refractivity contribution in [2.45, 2.75) is 19.3 Å². The number of para-hydroxylation sites is 1. The molecule has 0 saturated carbocycles. The number of nitrogen functional groups attached to an aromatic ring is 1. The number of anilines is 2. The average Bonchev–Trinajstić information content (AvgIpc) is 2.20. The quantitative estimate of drug-likeness (QED) is 0.623. The summed E-state index contributed by atoms with van der Waals surface area (Å²) in [6.07, 6.45) is -3.69. The molecule has 1 rings (SSSR count). The van der Waals surface area contributed by atoms with Gasteiger partial charge in [0.05, 0.1) is 17.9 Å². The van der Waals surface area contributed by atoms with Crippen molar-refractivity contribution < 1.29 is 17.6 Å². The van der Waals surface area contributed by atoms with Crippen molar-refractivity contribution in [3.63, 3.8) is 0 Å². The molecule has 0 bridgehead atoms. The fraction of sp³-hybridized carbons (Fsp3) is 0.400. The summed E-state index contributed by atoms with van der Waals surface area (Å²) in [6, 6.07) is 4.77. The first-order valence-electron chi connectivity index (χ1n) is 4.59. The molecular weight excluding hydrogens is 224 g/mol. The number of aryl methyl sites for hydroxylation is 1. The summed E-state index contributed by atoms with van der Waals surface area (Å²) >= 11 is 0. The molecule has 6 heteroatoms. The first-order valence-corrected chi connectivity index (χ1v) is 4.59. The number of hydrogen-bond donors (Lipinski definition) is 2. The van der Waals surface area contributed by atoms with Crippen LogP contribution in [-0.2, 0) is 0 Å². The normalized spacial score (nSPS) is 11.9. The zero-order valence-corrected chi connectivity index (χ0v) is 8.61. The zero-order chi connectivity index (χ0) is 12.3. The zero-order valence-electron chi connectivity index (χ0n) is 8.61. The molecule has 0 aliphatic rings. The van der Waals surface area contributed by atoms with Crippen LogP contribution >= 0.6 is 0 Å². The molecule has 0 saturated heterocycles. The highest BCUT2D eigenvalue weighted by atomic mass is 19.3. The van der Waals surface area contributed by atoms with Gasteiger partial charge in [-0.3, -0.25) is 0 Å². The van der Waals surface area contributed by atoms with Crippen molar-refractivity contribution in [3.05, 3.63) is 23.8 Å². The molecule has 0 aliphatic carbocycles. The lowest BCUT2D eigenvalue weighted by molar-refractivity contribution is -0.117. The second kappa shape index (κ2) is 4.59. The van der Waals surface area contributed by atoms with Gasteiger partial charge in [0.15, 0.2) is 0 Å². The van der Waals surface area contributed by atoms with Crippen molar-refractivity contribution in [2.24, 2.45) is 0 Å². The summed E-state index contributed by atoms with van der Waals surface area (Å²) in [5, 5.41) is 2.22. The van der Waals surface area contributed by atoms with Gasteiger partial charge >= 0.3 is 12.3 Å². The molecule has 0 radical (unpaired) electrons. The average molecular weight is 236 g/mol. The molecule has 1 aromatic rings. The molecule has 90 valence electrons. The van der Waals surface area contributed by atoms with Gasteiger partial charge in [-0.05, 0) is 18.6 Å². The van der Waals surface area contributed by atoms with Crippen LogP contribution in [0.3, 0.4) is 0 Å². The lowest BCUT2D eigenvalue weighted by Crippen LogP contribution is -2.35. The van der Waals surface area contributed by atoms with Gasteiger partial charge in [-0.15, -0.1) is 0 Å². The molecule has 0 spiro atoms. The van der Waals surface area contributed by atoms with Crippen LogP contribution in [0, 0.1) is 6.92 Å². The second-order valence-electron chi connectivity index (χ2n) is 3.45.